The number of carbonyl (C=O) groups excluding carboxylic acids is 1. The first-order chi connectivity index (χ1) is 12.0. The van der Waals surface area contributed by atoms with Crippen LogP contribution in [0.1, 0.15) is 42.2 Å². The second kappa shape index (κ2) is 7.35. The van der Waals surface area contributed by atoms with Gasteiger partial charge in [-0.2, -0.15) is 5.10 Å². The zero-order chi connectivity index (χ0) is 18.0. The van der Waals surface area contributed by atoms with Crippen molar-refractivity contribution in [2.45, 2.75) is 26.2 Å². The molecule has 1 saturated heterocycles. The Balaban J connectivity index is 1.89. The van der Waals surface area contributed by atoms with Crippen molar-refractivity contribution in [3.63, 3.8) is 0 Å². The molecule has 0 aliphatic carbocycles. The SMILES string of the molecule is CNCC1CCN(C(=O)c2cnn(-c3ccc(F)cc3)c2C(C)C)C1. The molecule has 1 unspecified atom stereocenters. The Kier molecular flexibility index (Phi) is 5.18. The van der Waals surface area contributed by atoms with Gasteiger partial charge in [0.05, 0.1) is 23.1 Å². The maximum absolute atomic E-state index is 13.2. The van der Waals surface area contributed by atoms with Crippen LogP contribution in [-0.2, 0) is 0 Å². The van der Waals surface area contributed by atoms with Crippen molar-refractivity contribution in [3.8, 4) is 5.69 Å². The number of rotatable bonds is 5. The van der Waals surface area contributed by atoms with Crippen molar-refractivity contribution in [1.82, 2.24) is 20.0 Å². The molecular formula is C19H25FN4O. The molecule has 134 valence electrons. The molecule has 1 aliphatic rings. The van der Waals surface area contributed by atoms with Crippen LogP contribution < -0.4 is 5.32 Å². The zero-order valence-corrected chi connectivity index (χ0v) is 15.0. The molecule has 0 spiro atoms. The fourth-order valence-corrected chi connectivity index (χ4v) is 3.51. The second-order valence-electron chi connectivity index (χ2n) is 6.95. The molecule has 1 aromatic carbocycles. The summed E-state index contributed by atoms with van der Waals surface area (Å²) in [5.41, 5.74) is 2.27. The highest BCUT2D eigenvalue weighted by Gasteiger charge is 2.30. The Morgan fingerprint density at radius 3 is 2.72 bits per heavy atom. The zero-order valence-electron chi connectivity index (χ0n) is 15.0. The molecule has 3 rings (SSSR count). The summed E-state index contributed by atoms with van der Waals surface area (Å²) in [6.07, 6.45) is 2.67. The van der Waals surface area contributed by atoms with Gasteiger partial charge in [0, 0.05) is 13.1 Å². The maximum atomic E-state index is 13.2. The maximum Gasteiger partial charge on any atom is 0.257 e. The van der Waals surface area contributed by atoms with Crippen LogP contribution >= 0.6 is 0 Å². The summed E-state index contributed by atoms with van der Waals surface area (Å²) in [7, 11) is 1.94. The minimum Gasteiger partial charge on any atom is -0.338 e. The van der Waals surface area contributed by atoms with Crippen LogP contribution in [0.2, 0.25) is 0 Å². The van der Waals surface area contributed by atoms with Gasteiger partial charge in [0.15, 0.2) is 0 Å². The minimum atomic E-state index is -0.286. The van der Waals surface area contributed by atoms with Gasteiger partial charge >= 0.3 is 0 Å². The number of nitrogens with zero attached hydrogens (tertiary/aromatic N) is 3. The predicted octanol–water partition coefficient (Wildman–Crippen LogP) is 2.82. The van der Waals surface area contributed by atoms with E-state index in [0.29, 0.717) is 11.5 Å². The average Bonchev–Trinajstić information content (AvgIpc) is 3.22. The normalized spacial score (nSPS) is 17.5. The second-order valence-corrected chi connectivity index (χ2v) is 6.95. The highest BCUT2D eigenvalue weighted by molar-refractivity contribution is 5.95. The smallest absolute Gasteiger partial charge is 0.257 e. The van der Waals surface area contributed by atoms with Crippen LogP contribution in [0, 0.1) is 11.7 Å². The number of aromatic nitrogens is 2. The van der Waals surface area contributed by atoms with Crippen LogP contribution in [0.15, 0.2) is 30.5 Å². The Hall–Kier alpha value is -2.21. The number of likely N-dealkylation sites (tertiary alicyclic amines) is 1. The van der Waals surface area contributed by atoms with Gasteiger partial charge in [0.25, 0.3) is 5.91 Å². The number of carbonyl (C=O) groups is 1. The Morgan fingerprint density at radius 1 is 1.36 bits per heavy atom. The third-order valence-electron chi connectivity index (χ3n) is 4.72. The largest absolute Gasteiger partial charge is 0.338 e. The number of hydrogen-bond donors (Lipinski definition) is 1. The van der Waals surface area contributed by atoms with Gasteiger partial charge in [-0.05, 0) is 56.1 Å². The van der Waals surface area contributed by atoms with Gasteiger partial charge in [-0.3, -0.25) is 4.79 Å². The van der Waals surface area contributed by atoms with Gasteiger partial charge in [-0.1, -0.05) is 13.8 Å². The third-order valence-corrected chi connectivity index (χ3v) is 4.72. The van der Waals surface area contributed by atoms with E-state index in [9.17, 15) is 9.18 Å². The van der Waals surface area contributed by atoms with Crippen LogP contribution in [0.5, 0.6) is 0 Å². The molecule has 2 aromatic rings. The van der Waals surface area contributed by atoms with E-state index in [1.54, 1.807) is 23.0 Å². The van der Waals surface area contributed by atoms with Crippen molar-refractivity contribution < 1.29 is 9.18 Å². The van der Waals surface area contributed by atoms with Crippen LogP contribution in [0.4, 0.5) is 4.39 Å². The van der Waals surface area contributed by atoms with Crippen molar-refractivity contribution in [2.75, 3.05) is 26.7 Å². The first-order valence-electron chi connectivity index (χ1n) is 8.79. The fourth-order valence-electron chi connectivity index (χ4n) is 3.51. The number of hydrogen-bond acceptors (Lipinski definition) is 3. The highest BCUT2D eigenvalue weighted by atomic mass is 19.1. The Labute approximate surface area is 147 Å². The summed E-state index contributed by atoms with van der Waals surface area (Å²) in [5.74, 6) is 0.382. The summed E-state index contributed by atoms with van der Waals surface area (Å²) in [5, 5.41) is 7.60. The number of amides is 1. The first-order valence-corrected chi connectivity index (χ1v) is 8.79. The van der Waals surface area contributed by atoms with Gasteiger partial charge in [-0.15, -0.1) is 0 Å². The predicted molar refractivity (Wildman–Crippen MR) is 95.5 cm³/mol. The van der Waals surface area contributed by atoms with E-state index < -0.39 is 0 Å². The lowest BCUT2D eigenvalue weighted by atomic mass is 10.0. The molecule has 1 aliphatic heterocycles. The molecule has 5 nitrogen and oxygen atoms in total. The van der Waals surface area contributed by atoms with Gasteiger partial charge in [-0.25, -0.2) is 9.07 Å². The first kappa shape index (κ1) is 17.6. The summed E-state index contributed by atoms with van der Waals surface area (Å²) in [6.45, 7) is 6.57. The number of nitrogens with one attached hydrogen (secondary N) is 1. The van der Waals surface area contributed by atoms with E-state index in [1.807, 2.05) is 25.8 Å². The lowest BCUT2D eigenvalue weighted by Gasteiger charge is -2.18. The highest BCUT2D eigenvalue weighted by Crippen LogP contribution is 2.26. The van der Waals surface area contributed by atoms with E-state index >= 15 is 0 Å². The summed E-state index contributed by atoms with van der Waals surface area (Å²) < 4.78 is 15.0. The molecule has 1 N–H and O–H groups in total. The van der Waals surface area contributed by atoms with Crippen molar-refractivity contribution in [1.29, 1.82) is 0 Å². The molecule has 6 heteroatoms. The molecule has 0 radical (unpaired) electrons. The summed E-state index contributed by atoms with van der Waals surface area (Å²) in [4.78, 5) is 14.9. The van der Waals surface area contributed by atoms with Crippen molar-refractivity contribution in [2.24, 2.45) is 5.92 Å². The van der Waals surface area contributed by atoms with Gasteiger partial charge < -0.3 is 10.2 Å². The Morgan fingerprint density at radius 2 is 2.08 bits per heavy atom. The molecule has 1 fully saturated rings. The summed E-state index contributed by atoms with van der Waals surface area (Å²) in [6, 6.07) is 6.18. The molecule has 0 bridgehead atoms. The van der Waals surface area contributed by atoms with Crippen LogP contribution in [-0.4, -0.2) is 47.3 Å². The van der Waals surface area contributed by atoms with Crippen molar-refractivity contribution in [3.05, 3.63) is 47.5 Å². The fraction of sp³-hybridized carbons (Fsp3) is 0.474. The molecule has 1 amide bonds. The molecule has 1 atom stereocenters. The van der Waals surface area contributed by atoms with Crippen LogP contribution in [0.3, 0.4) is 0 Å². The average molecular weight is 344 g/mol. The van der Waals surface area contributed by atoms with E-state index in [2.05, 4.69) is 10.4 Å². The molecule has 25 heavy (non-hydrogen) atoms. The van der Waals surface area contributed by atoms with E-state index in [0.717, 1.165) is 37.4 Å². The third kappa shape index (κ3) is 3.58. The quantitative estimate of drug-likeness (QED) is 0.907. The van der Waals surface area contributed by atoms with Gasteiger partial charge in [0.1, 0.15) is 5.82 Å². The molecular weight excluding hydrogens is 319 g/mol. The minimum absolute atomic E-state index is 0.0377. The van der Waals surface area contributed by atoms with E-state index in [-0.39, 0.29) is 17.6 Å². The number of benzene rings is 1. The molecule has 0 saturated carbocycles. The molecule has 1 aromatic heterocycles. The van der Waals surface area contributed by atoms with Crippen LogP contribution in [0.25, 0.3) is 5.69 Å². The van der Waals surface area contributed by atoms with E-state index in [4.69, 9.17) is 0 Å². The van der Waals surface area contributed by atoms with E-state index in [1.165, 1.54) is 12.1 Å². The lowest BCUT2D eigenvalue weighted by Crippen LogP contribution is -2.31. The standard InChI is InChI=1S/C19H25FN4O/c1-13(2)18-17(19(25)23-9-8-14(12-23)10-21-3)11-22-24(18)16-6-4-15(20)5-7-16/h4-7,11,13-14,21H,8-10,12H2,1-3H3. The molecule has 2 heterocycles. The topological polar surface area (TPSA) is 50.2 Å². The Bertz CT molecular complexity index is 738. The number of halogens is 1. The monoisotopic (exact) mass is 344 g/mol. The summed E-state index contributed by atoms with van der Waals surface area (Å²) >= 11 is 0. The van der Waals surface area contributed by atoms with Gasteiger partial charge in [0.2, 0.25) is 0 Å². The van der Waals surface area contributed by atoms with Crippen molar-refractivity contribution >= 4 is 5.91 Å². The lowest BCUT2D eigenvalue weighted by molar-refractivity contribution is 0.0785.